The molecule has 96 valence electrons. The molecule has 0 spiro atoms. The lowest BCUT2D eigenvalue weighted by atomic mass is 10.3. The summed E-state index contributed by atoms with van der Waals surface area (Å²) >= 11 is 0. The summed E-state index contributed by atoms with van der Waals surface area (Å²) in [5.74, 6) is 0.985. The highest BCUT2D eigenvalue weighted by atomic mass is 32.2. The van der Waals surface area contributed by atoms with Crippen LogP contribution in [0.2, 0.25) is 0 Å². The minimum absolute atomic E-state index is 0.00511. The molecule has 17 heavy (non-hydrogen) atoms. The lowest BCUT2D eigenvalue weighted by Gasteiger charge is -2.13. The predicted octanol–water partition coefficient (Wildman–Crippen LogP) is 1.82. The molecule has 0 bridgehead atoms. The average Bonchev–Trinajstić information content (AvgIpc) is 2.14. The van der Waals surface area contributed by atoms with Gasteiger partial charge >= 0.3 is 10.1 Å². The fourth-order valence-electron chi connectivity index (χ4n) is 1.23. The quantitative estimate of drug-likeness (QED) is 0.756. The van der Waals surface area contributed by atoms with Crippen molar-refractivity contribution in [3.8, 4) is 17.2 Å². The van der Waals surface area contributed by atoms with Crippen molar-refractivity contribution in [2.45, 2.75) is 20.0 Å². The molecule has 0 aliphatic rings. The van der Waals surface area contributed by atoms with Crippen LogP contribution in [0, 0.1) is 0 Å². The van der Waals surface area contributed by atoms with Crippen molar-refractivity contribution >= 4 is 10.1 Å². The Bertz CT molecular complexity index is 479. The number of ether oxygens (including phenoxy) is 2. The Morgan fingerprint density at radius 3 is 2.29 bits per heavy atom. The van der Waals surface area contributed by atoms with Crippen LogP contribution in [0.5, 0.6) is 17.2 Å². The summed E-state index contributed by atoms with van der Waals surface area (Å²) in [6.45, 7) is 3.75. The molecule has 1 aromatic carbocycles. The highest BCUT2D eigenvalue weighted by Crippen LogP contribution is 2.32. The third-order valence-electron chi connectivity index (χ3n) is 1.75. The molecule has 0 unspecified atom stereocenters. The Labute approximate surface area is 101 Å². The second-order valence-corrected chi connectivity index (χ2v) is 5.34. The lowest BCUT2D eigenvalue weighted by molar-refractivity contribution is 0.241. The monoisotopic (exact) mass is 260 g/mol. The summed E-state index contributed by atoms with van der Waals surface area (Å²) in [5.41, 5.74) is 0. The fraction of sp³-hybridized carbons (Fsp3) is 0.455. The van der Waals surface area contributed by atoms with Crippen LogP contribution in [0.4, 0.5) is 0 Å². The standard InChI is InChI=1S/C11H16O5S/c1-8(2)15-9-5-6-10(14-3)11(7-9)16-17(4,12)13/h5-8H,1-4H3. The number of benzene rings is 1. The van der Waals surface area contributed by atoms with Crippen LogP contribution in [0.25, 0.3) is 0 Å². The normalized spacial score (nSPS) is 11.4. The Kier molecular flexibility index (Phi) is 4.22. The number of hydrogen-bond donors (Lipinski definition) is 0. The summed E-state index contributed by atoms with van der Waals surface area (Å²) in [6.07, 6.45) is 0.970. The predicted molar refractivity (Wildman–Crippen MR) is 64.2 cm³/mol. The molecular weight excluding hydrogens is 244 g/mol. The first-order chi connectivity index (χ1) is 7.81. The third-order valence-corrected chi connectivity index (χ3v) is 2.23. The van der Waals surface area contributed by atoms with Gasteiger partial charge in [0.15, 0.2) is 11.5 Å². The Hall–Kier alpha value is -1.43. The van der Waals surface area contributed by atoms with E-state index in [1.807, 2.05) is 13.8 Å². The molecule has 1 rings (SSSR count). The summed E-state index contributed by atoms with van der Waals surface area (Å²) in [7, 11) is -2.15. The van der Waals surface area contributed by atoms with Crippen LogP contribution < -0.4 is 13.7 Å². The molecule has 0 aromatic heterocycles. The van der Waals surface area contributed by atoms with Gasteiger partial charge in [-0.2, -0.15) is 8.42 Å². The molecule has 6 heteroatoms. The molecule has 0 saturated heterocycles. The van der Waals surface area contributed by atoms with Gasteiger partial charge in [-0.05, 0) is 26.0 Å². The van der Waals surface area contributed by atoms with E-state index in [0.29, 0.717) is 11.5 Å². The summed E-state index contributed by atoms with van der Waals surface area (Å²) in [4.78, 5) is 0. The van der Waals surface area contributed by atoms with Gasteiger partial charge in [-0.15, -0.1) is 0 Å². The number of methoxy groups -OCH3 is 1. The zero-order chi connectivity index (χ0) is 13.1. The molecule has 0 heterocycles. The molecule has 0 N–H and O–H groups in total. The molecule has 0 atom stereocenters. The van der Waals surface area contributed by atoms with Gasteiger partial charge in [0.2, 0.25) is 0 Å². The number of hydrogen-bond acceptors (Lipinski definition) is 5. The van der Waals surface area contributed by atoms with E-state index in [1.54, 1.807) is 12.1 Å². The molecule has 0 aliphatic heterocycles. The minimum atomic E-state index is -3.59. The summed E-state index contributed by atoms with van der Waals surface area (Å²) < 4.78 is 37.4. The first-order valence-corrected chi connectivity index (χ1v) is 6.87. The van der Waals surface area contributed by atoms with Crippen LogP contribution in [0.15, 0.2) is 18.2 Å². The van der Waals surface area contributed by atoms with Gasteiger partial charge in [-0.25, -0.2) is 0 Å². The molecule has 0 amide bonds. The van der Waals surface area contributed by atoms with E-state index >= 15 is 0 Å². The van der Waals surface area contributed by atoms with Gasteiger partial charge in [0.1, 0.15) is 5.75 Å². The Morgan fingerprint density at radius 1 is 1.18 bits per heavy atom. The Morgan fingerprint density at radius 2 is 1.82 bits per heavy atom. The maximum Gasteiger partial charge on any atom is 0.306 e. The van der Waals surface area contributed by atoms with E-state index < -0.39 is 10.1 Å². The van der Waals surface area contributed by atoms with Crippen LogP contribution in [-0.2, 0) is 10.1 Å². The van der Waals surface area contributed by atoms with Crippen LogP contribution >= 0.6 is 0 Å². The molecule has 0 saturated carbocycles. The van der Waals surface area contributed by atoms with E-state index in [-0.39, 0.29) is 11.9 Å². The van der Waals surface area contributed by atoms with Crippen molar-refractivity contribution in [3.05, 3.63) is 18.2 Å². The minimum Gasteiger partial charge on any atom is -0.493 e. The van der Waals surface area contributed by atoms with Crippen molar-refractivity contribution in [1.82, 2.24) is 0 Å². The highest BCUT2D eigenvalue weighted by molar-refractivity contribution is 7.86. The highest BCUT2D eigenvalue weighted by Gasteiger charge is 2.12. The van der Waals surface area contributed by atoms with Gasteiger partial charge in [0.25, 0.3) is 0 Å². The van der Waals surface area contributed by atoms with Crippen molar-refractivity contribution in [2.24, 2.45) is 0 Å². The van der Waals surface area contributed by atoms with Crippen molar-refractivity contribution in [1.29, 1.82) is 0 Å². The van der Waals surface area contributed by atoms with Crippen LogP contribution in [-0.4, -0.2) is 27.9 Å². The zero-order valence-corrected chi connectivity index (χ0v) is 11.1. The van der Waals surface area contributed by atoms with Gasteiger partial charge in [-0.3, -0.25) is 0 Å². The lowest BCUT2D eigenvalue weighted by Crippen LogP contribution is -2.08. The van der Waals surface area contributed by atoms with Crippen molar-refractivity contribution in [2.75, 3.05) is 13.4 Å². The second-order valence-electron chi connectivity index (χ2n) is 3.77. The molecular formula is C11H16O5S. The SMILES string of the molecule is COc1ccc(OC(C)C)cc1OS(C)(=O)=O. The summed E-state index contributed by atoms with van der Waals surface area (Å²) in [5, 5.41) is 0. The van der Waals surface area contributed by atoms with E-state index in [1.165, 1.54) is 13.2 Å². The third kappa shape index (κ3) is 4.52. The maximum absolute atomic E-state index is 11.1. The van der Waals surface area contributed by atoms with Gasteiger partial charge in [0.05, 0.1) is 19.5 Å². The maximum atomic E-state index is 11.1. The molecule has 0 aliphatic carbocycles. The van der Waals surface area contributed by atoms with E-state index in [2.05, 4.69) is 0 Å². The first-order valence-electron chi connectivity index (χ1n) is 5.06. The van der Waals surface area contributed by atoms with E-state index in [0.717, 1.165) is 6.26 Å². The van der Waals surface area contributed by atoms with Gasteiger partial charge < -0.3 is 13.7 Å². The number of rotatable bonds is 5. The van der Waals surface area contributed by atoms with Crippen molar-refractivity contribution < 1.29 is 22.1 Å². The summed E-state index contributed by atoms with van der Waals surface area (Å²) in [6, 6.07) is 4.77. The van der Waals surface area contributed by atoms with Crippen LogP contribution in [0.3, 0.4) is 0 Å². The van der Waals surface area contributed by atoms with Gasteiger partial charge in [-0.1, -0.05) is 0 Å². The average molecular weight is 260 g/mol. The first kappa shape index (κ1) is 13.6. The zero-order valence-electron chi connectivity index (χ0n) is 10.3. The van der Waals surface area contributed by atoms with Gasteiger partial charge in [0, 0.05) is 6.07 Å². The molecule has 0 fully saturated rings. The molecule has 5 nitrogen and oxygen atoms in total. The molecule has 1 aromatic rings. The smallest absolute Gasteiger partial charge is 0.306 e. The van der Waals surface area contributed by atoms with E-state index in [4.69, 9.17) is 13.7 Å². The topological polar surface area (TPSA) is 61.8 Å². The van der Waals surface area contributed by atoms with E-state index in [9.17, 15) is 8.42 Å². The largest absolute Gasteiger partial charge is 0.493 e. The van der Waals surface area contributed by atoms with Crippen molar-refractivity contribution in [3.63, 3.8) is 0 Å². The fourth-order valence-corrected chi connectivity index (χ4v) is 1.69. The van der Waals surface area contributed by atoms with Crippen LogP contribution in [0.1, 0.15) is 13.8 Å². The second kappa shape index (κ2) is 5.27. The molecule has 0 radical (unpaired) electrons. The Balaban J connectivity index is 3.06.